The second-order valence-corrected chi connectivity index (χ2v) is 8.95. The zero-order valence-corrected chi connectivity index (χ0v) is 20.4. The summed E-state index contributed by atoms with van der Waals surface area (Å²) < 4.78 is 33.9. The van der Waals surface area contributed by atoms with Crippen molar-refractivity contribution in [3.8, 4) is 0 Å². The maximum Gasteiger partial charge on any atom is 0.273 e. The number of aliphatic imine (C=N–C) groups is 1. The summed E-state index contributed by atoms with van der Waals surface area (Å²) >= 11 is 1.22. The standard InChI is InChI=1S/C24H28F2N4O3S/c1-16(32-3)23(31)30-24(18-9-6-5-7-10-18,13-8-14-27-17(2)29-33-4)34-22(28-30)20-15-19(25)11-12-21(20)26/h5-7,9-12,15-16H,8,13-14H2,1-4H3,(H,27,29)/t16-,24?/m0/s1. The number of carbonyl (C=O) groups excluding carboxylic acids is 1. The molecule has 10 heteroatoms. The smallest absolute Gasteiger partial charge is 0.273 e. The molecular formula is C24H28F2N4O3S. The highest BCUT2D eigenvalue weighted by molar-refractivity contribution is 8.15. The Morgan fingerprint density at radius 1 is 1.24 bits per heavy atom. The molecule has 1 aliphatic heterocycles. The molecule has 2 aromatic rings. The molecule has 0 bridgehead atoms. The summed E-state index contributed by atoms with van der Waals surface area (Å²) in [6.45, 7) is 3.87. The molecule has 7 nitrogen and oxygen atoms in total. The van der Waals surface area contributed by atoms with Crippen LogP contribution in [0.5, 0.6) is 0 Å². The van der Waals surface area contributed by atoms with Crippen LogP contribution in [0.4, 0.5) is 8.78 Å². The van der Waals surface area contributed by atoms with Crippen molar-refractivity contribution in [1.82, 2.24) is 10.5 Å². The first-order chi connectivity index (χ1) is 16.3. The minimum atomic E-state index is -0.989. The number of hydrogen-bond acceptors (Lipinski definition) is 6. The van der Waals surface area contributed by atoms with Gasteiger partial charge in [0.2, 0.25) is 0 Å². The Labute approximate surface area is 202 Å². The molecule has 0 aliphatic carbocycles. The number of amidine groups is 1. The molecule has 182 valence electrons. The van der Waals surface area contributed by atoms with E-state index in [9.17, 15) is 13.6 Å². The first-order valence-electron chi connectivity index (χ1n) is 10.8. The predicted octanol–water partition coefficient (Wildman–Crippen LogP) is 4.44. The number of hydroxylamine groups is 1. The van der Waals surface area contributed by atoms with Gasteiger partial charge in [-0.3, -0.25) is 20.1 Å². The normalized spacial score (nSPS) is 19.2. The molecule has 0 spiro atoms. The number of carbonyl (C=O) groups is 1. The topological polar surface area (TPSA) is 75.5 Å². The summed E-state index contributed by atoms with van der Waals surface area (Å²) in [5, 5.41) is 6.08. The molecule has 2 atom stereocenters. The van der Waals surface area contributed by atoms with Gasteiger partial charge in [-0.05, 0) is 50.5 Å². The number of hydrazone groups is 1. The van der Waals surface area contributed by atoms with Crippen LogP contribution < -0.4 is 5.48 Å². The highest BCUT2D eigenvalue weighted by Gasteiger charge is 2.49. The van der Waals surface area contributed by atoms with Gasteiger partial charge in [0.15, 0.2) is 0 Å². The maximum absolute atomic E-state index is 14.7. The van der Waals surface area contributed by atoms with Gasteiger partial charge in [-0.15, -0.1) is 0 Å². The van der Waals surface area contributed by atoms with Crippen molar-refractivity contribution < 1.29 is 23.1 Å². The minimum Gasteiger partial charge on any atom is -0.372 e. The molecule has 2 aromatic carbocycles. The highest BCUT2D eigenvalue weighted by Crippen LogP contribution is 2.51. The fourth-order valence-corrected chi connectivity index (χ4v) is 5.02. The maximum atomic E-state index is 14.7. The second kappa shape index (κ2) is 11.5. The lowest BCUT2D eigenvalue weighted by Crippen LogP contribution is -2.45. The van der Waals surface area contributed by atoms with Gasteiger partial charge in [-0.1, -0.05) is 42.1 Å². The van der Waals surface area contributed by atoms with E-state index in [1.54, 1.807) is 13.8 Å². The monoisotopic (exact) mass is 490 g/mol. The number of thioether (sulfide) groups is 1. The highest BCUT2D eigenvalue weighted by atomic mass is 32.2. The van der Waals surface area contributed by atoms with E-state index in [-0.39, 0.29) is 16.5 Å². The molecule has 0 fully saturated rings. The van der Waals surface area contributed by atoms with Crippen LogP contribution in [0.15, 0.2) is 58.6 Å². The zero-order chi connectivity index (χ0) is 24.7. The predicted molar refractivity (Wildman–Crippen MR) is 129 cm³/mol. The number of rotatable bonds is 9. The van der Waals surface area contributed by atoms with E-state index < -0.39 is 22.6 Å². The Morgan fingerprint density at radius 3 is 2.65 bits per heavy atom. The van der Waals surface area contributed by atoms with Crippen molar-refractivity contribution in [2.75, 3.05) is 20.8 Å². The Morgan fingerprint density at radius 2 is 1.97 bits per heavy atom. The van der Waals surface area contributed by atoms with Gasteiger partial charge in [-0.25, -0.2) is 13.8 Å². The van der Waals surface area contributed by atoms with E-state index in [4.69, 9.17) is 9.57 Å². The number of benzene rings is 2. The average molecular weight is 491 g/mol. The van der Waals surface area contributed by atoms with Gasteiger partial charge in [0.1, 0.15) is 33.5 Å². The van der Waals surface area contributed by atoms with E-state index in [1.807, 2.05) is 30.3 Å². The Bertz CT molecular complexity index is 1070. The Balaban J connectivity index is 2.04. The summed E-state index contributed by atoms with van der Waals surface area (Å²) in [7, 11) is 2.94. The second-order valence-electron chi connectivity index (χ2n) is 7.69. The van der Waals surface area contributed by atoms with Gasteiger partial charge < -0.3 is 4.74 Å². The van der Waals surface area contributed by atoms with E-state index in [0.717, 1.165) is 23.8 Å². The molecule has 1 amide bonds. The summed E-state index contributed by atoms with van der Waals surface area (Å²) in [6, 6.07) is 12.6. The molecular weight excluding hydrogens is 462 g/mol. The molecule has 1 aliphatic rings. The molecule has 34 heavy (non-hydrogen) atoms. The van der Waals surface area contributed by atoms with Crippen molar-refractivity contribution in [3.05, 3.63) is 71.3 Å². The Hall–Kier alpha value is -2.82. The van der Waals surface area contributed by atoms with Crippen LogP contribution in [0.3, 0.4) is 0 Å². The van der Waals surface area contributed by atoms with E-state index in [1.165, 1.54) is 31.0 Å². The summed E-state index contributed by atoms with van der Waals surface area (Å²) in [6.07, 6.45) is 0.261. The molecule has 0 saturated heterocycles. The summed E-state index contributed by atoms with van der Waals surface area (Å²) in [5.41, 5.74) is 3.48. The lowest BCUT2D eigenvalue weighted by atomic mass is 9.99. The van der Waals surface area contributed by atoms with Crippen molar-refractivity contribution in [2.24, 2.45) is 10.1 Å². The number of methoxy groups -OCH3 is 1. The van der Waals surface area contributed by atoms with Crippen LogP contribution >= 0.6 is 11.8 Å². The summed E-state index contributed by atoms with van der Waals surface area (Å²) in [5.74, 6) is -0.966. The van der Waals surface area contributed by atoms with Gasteiger partial charge in [0, 0.05) is 19.2 Å². The first-order valence-corrected chi connectivity index (χ1v) is 11.6. The largest absolute Gasteiger partial charge is 0.372 e. The van der Waals surface area contributed by atoms with Crippen LogP contribution in [0.25, 0.3) is 0 Å². The van der Waals surface area contributed by atoms with Gasteiger partial charge in [0.25, 0.3) is 5.91 Å². The molecule has 1 N–H and O–H groups in total. The number of ether oxygens (including phenoxy) is 1. The summed E-state index contributed by atoms with van der Waals surface area (Å²) in [4.78, 5) is 21.7. The van der Waals surface area contributed by atoms with Crippen molar-refractivity contribution >= 4 is 28.5 Å². The quantitative estimate of drug-likeness (QED) is 0.243. The van der Waals surface area contributed by atoms with Gasteiger partial charge in [0.05, 0.1) is 7.11 Å². The fourth-order valence-electron chi connectivity index (χ4n) is 3.59. The third-order valence-corrected chi connectivity index (χ3v) is 6.81. The van der Waals surface area contributed by atoms with E-state index in [2.05, 4.69) is 15.6 Å². The van der Waals surface area contributed by atoms with Crippen LogP contribution in [-0.2, 0) is 19.2 Å². The molecule has 0 aromatic heterocycles. The van der Waals surface area contributed by atoms with Crippen LogP contribution in [0.2, 0.25) is 0 Å². The van der Waals surface area contributed by atoms with Crippen molar-refractivity contribution in [1.29, 1.82) is 0 Å². The lowest BCUT2D eigenvalue weighted by Gasteiger charge is -2.36. The number of hydrogen-bond donors (Lipinski definition) is 1. The molecule has 1 heterocycles. The van der Waals surface area contributed by atoms with Gasteiger partial charge in [-0.2, -0.15) is 5.10 Å². The van der Waals surface area contributed by atoms with Crippen LogP contribution in [-0.4, -0.2) is 48.7 Å². The average Bonchev–Trinajstić information content (AvgIpc) is 3.23. The van der Waals surface area contributed by atoms with Gasteiger partial charge >= 0.3 is 0 Å². The third kappa shape index (κ3) is 5.63. The molecule has 3 rings (SSSR count). The first kappa shape index (κ1) is 25.8. The van der Waals surface area contributed by atoms with Crippen LogP contribution in [0.1, 0.15) is 37.8 Å². The lowest BCUT2D eigenvalue weighted by molar-refractivity contribution is -0.144. The number of nitrogens with zero attached hydrogens (tertiary/aromatic N) is 3. The molecule has 0 radical (unpaired) electrons. The minimum absolute atomic E-state index is 0.00355. The SMILES string of the molecule is CONC(C)=NCCCC1(c2ccccc2)SC(c2cc(F)ccc2F)=NN1C(=O)[C@H](C)OC. The number of nitrogens with one attached hydrogen (secondary N) is 1. The van der Waals surface area contributed by atoms with E-state index >= 15 is 0 Å². The molecule has 0 saturated carbocycles. The third-order valence-electron chi connectivity index (χ3n) is 5.36. The number of halogens is 2. The van der Waals surface area contributed by atoms with E-state index in [0.29, 0.717) is 25.2 Å². The fraction of sp³-hybridized carbons (Fsp3) is 0.375. The Kier molecular flexibility index (Phi) is 8.76. The molecule has 1 unspecified atom stereocenters. The van der Waals surface area contributed by atoms with Crippen LogP contribution in [0, 0.1) is 11.6 Å². The zero-order valence-electron chi connectivity index (χ0n) is 19.5. The van der Waals surface area contributed by atoms with Crippen molar-refractivity contribution in [2.45, 2.75) is 37.7 Å². The number of amides is 1. The van der Waals surface area contributed by atoms with Crippen molar-refractivity contribution in [3.63, 3.8) is 0 Å².